The largest absolute Gasteiger partial charge is 0.390 e. The number of amides is 2. The van der Waals surface area contributed by atoms with E-state index in [1.165, 1.54) is 12.1 Å². The van der Waals surface area contributed by atoms with E-state index >= 15 is 0 Å². The van der Waals surface area contributed by atoms with Crippen molar-refractivity contribution in [2.45, 2.75) is 22.8 Å². The molecule has 178 valence electrons. The number of alkyl halides is 5. The fourth-order valence-electron chi connectivity index (χ4n) is 3.26. The molecular formula is C20H13Cl6F3N2O2. The van der Waals surface area contributed by atoms with Gasteiger partial charge in [-0.2, -0.15) is 13.2 Å². The monoisotopic (exact) mass is 580 g/mol. The van der Waals surface area contributed by atoms with Crippen molar-refractivity contribution in [1.82, 2.24) is 5.32 Å². The van der Waals surface area contributed by atoms with E-state index < -0.39 is 47.1 Å². The van der Waals surface area contributed by atoms with Crippen LogP contribution in [0.15, 0.2) is 30.3 Å². The zero-order valence-corrected chi connectivity index (χ0v) is 20.7. The van der Waals surface area contributed by atoms with E-state index in [-0.39, 0.29) is 21.3 Å². The molecular weight excluding hydrogens is 570 g/mol. The number of nitrogens with one attached hydrogen (secondary N) is 2. The molecule has 13 heteroatoms. The van der Waals surface area contributed by atoms with Crippen LogP contribution in [0, 0.1) is 5.92 Å². The number of carbonyl (C=O) groups is 2. The zero-order chi connectivity index (χ0) is 24.7. The van der Waals surface area contributed by atoms with Gasteiger partial charge in [0.1, 0.15) is 4.33 Å². The number of rotatable bonds is 6. The van der Waals surface area contributed by atoms with Crippen molar-refractivity contribution >= 4 is 87.1 Å². The summed E-state index contributed by atoms with van der Waals surface area (Å²) in [6.45, 7) is -0.643. The summed E-state index contributed by atoms with van der Waals surface area (Å²) in [6.07, 6.45) is -5.64. The van der Waals surface area contributed by atoms with Gasteiger partial charge in [0.25, 0.3) is 5.91 Å². The number of hydrogen-bond acceptors (Lipinski definition) is 2. The van der Waals surface area contributed by atoms with Crippen molar-refractivity contribution in [3.8, 4) is 0 Å². The summed E-state index contributed by atoms with van der Waals surface area (Å²) >= 11 is 36.8. The molecule has 0 aromatic heterocycles. The van der Waals surface area contributed by atoms with E-state index in [9.17, 15) is 22.8 Å². The van der Waals surface area contributed by atoms with E-state index in [4.69, 9.17) is 69.6 Å². The molecule has 1 fully saturated rings. The van der Waals surface area contributed by atoms with Crippen LogP contribution in [0.5, 0.6) is 0 Å². The number of hydrogen-bond donors (Lipinski definition) is 2. The van der Waals surface area contributed by atoms with Crippen molar-refractivity contribution in [3.63, 3.8) is 0 Å². The highest BCUT2D eigenvalue weighted by Gasteiger charge is 2.67. The third-order valence-corrected chi connectivity index (χ3v) is 6.84. The molecule has 0 saturated heterocycles. The van der Waals surface area contributed by atoms with Gasteiger partial charge in [0.05, 0.1) is 33.6 Å². The van der Waals surface area contributed by atoms with Crippen LogP contribution in [-0.2, 0) is 4.79 Å². The van der Waals surface area contributed by atoms with Crippen molar-refractivity contribution in [2.24, 2.45) is 5.92 Å². The Balaban J connectivity index is 1.77. The number of carbonyl (C=O) groups excluding carboxylic acids is 2. The molecule has 1 aliphatic rings. The van der Waals surface area contributed by atoms with Gasteiger partial charge in [0, 0.05) is 22.5 Å². The minimum atomic E-state index is -4.43. The van der Waals surface area contributed by atoms with E-state index in [2.05, 4.69) is 10.6 Å². The summed E-state index contributed by atoms with van der Waals surface area (Å²) in [7, 11) is 0. The molecule has 33 heavy (non-hydrogen) atoms. The molecule has 2 aromatic carbocycles. The Kier molecular flexibility index (Phi) is 7.94. The van der Waals surface area contributed by atoms with Gasteiger partial charge >= 0.3 is 6.18 Å². The lowest BCUT2D eigenvalue weighted by molar-refractivity contribution is -0.133. The number of halogens is 9. The summed E-state index contributed by atoms with van der Waals surface area (Å²) in [5.74, 6) is -2.98. The highest BCUT2D eigenvalue weighted by molar-refractivity contribution is 6.53. The molecule has 3 rings (SSSR count). The average molecular weight is 583 g/mol. The Morgan fingerprint density at radius 3 is 2.12 bits per heavy atom. The zero-order valence-electron chi connectivity index (χ0n) is 16.2. The van der Waals surface area contributed by atoms with Gasteiger partial charge in [-0.1, -0.05) is 46.4 Å². The second kappa shape index (κ2) is 9.88. The van der Waals surface area contributed by atoms with Crippen molar-refractivity contribution < 1.29 is 22.8 Å². The predicted molar refractivity (Wildman–Crippen MR) is 125 cm³/mol. The van der Waals surface area contributed by atoms with E-state index in [0.29, 0.717) is 15.6 Å². The van der Waals surface area contributed by atoms with Crippen molar-refractivity contribution in [2.75, 3.05) is 11.9 Å². The van der Waals surface area contributed by atoms with E-state index in [0.717, 1.165) is 6.07 Å². The molecule has 2 amide bonds. The van der Waals surface area contributed by atoms with Crippen LogP contribution < -0.4 is 10.6 Å². The Morgan fingerprint density at radius 1 is 0.939 bits per heavy atom. The standard InChI is InChI=1S/C20H13Cl6F3N2O2/c21-9-3-8(4-10(22)5-9)15-16(20(15,25)26)18(33)31-14-6-11(12(23)7-13(14)24)17(32)30-2-1-19(27,28)29/h3-7,15-16H,1-2H2,(H,30,32)(H,31,33)/t15-,16+/m1/s1. The summed E-state index contributed by atoms with van der Waals surface area (Å²) < 4.78 is 35.5. The van der Waals surface area contributed by atoms with Gasteiger partial charge in [-0.15, -0.1) is 23.2 Å². The molecule has 0 heterocycles. The van der Waals surface area contributed by atoms with E-state index in [1.54, 1.807) is 12.1 Å². The average Bonchev–Trinajstić information content (AvgIpc) is 3.24. The summed E-state index contributed by atoms with van der Waals surface area (Å²) in [5.41, 5.74) is 0.394. The first-order valence-electron chi connectivity index (χ1n) is 9.19. The Labute approximate surface area is 216 Å². The molecule has 0 aliphatic heterocycles. The summed E-state index contributed by atoms with van der Waals surface area (Å²) in [6, 6.07) is 7.03. The lowest BCUT2D eigenvalue weighted by atomic mass is 10.1. The third-order valence-electron chi connectivity index (χ3n) is 4.83. The minimum absolute atomic E-state index is 0.00191. The minimum Gasteiger partial charge on any atom is -0.352 e. The van der Waals surface area contributed by atoms with Gasteiger partial charge in [-0.25, -0.2) is 0 Å². The van der Waals surface area contributed by atoms with Crippen LogP contribution in [0.3, 0.4) is 0 Å². The fourth-order valence-corrected chi connectivity index (χ4v) is 5.15. The Morgan fingerprint density at radius 2 is 1.55 bits per heavy atom. The number of anilines is 1. The Bertz CT molecular complexity index is 1090. The highest BCUT2D eigenvalue weighted by Crippen LogP contribution is 2.65. The molecule has 4 nitrogen and oxygen atoms in total. The summed E-state index contributed by atoms with van der Waals surface area (Å²) in [4.78, 5) is 25.1. The van der Waals surface area contributed by atoms with Crippen molar-refractivity contribution in [1.29, 1.82) is 0 Å². The second-order valence-electron chi connectivity index (χ2n) is 7.25. The molecule has 2 aromatic rings. The van der Waals surface area contributed by atoms with Gasteiger partial charge in [-0.05, 0) is 35.9 Å². The van der Waals surface area contributed by atoms with Crippen LogP contribution in [0.4, 0.5) is 18.9 Å². The first-order chi connectivity index (χ1) is 15.2. The maximum Gasteiger partial charge on any atom is 0.390 e. The molecule has 2 N–H and O–H groups in total. The molecule has 0 spiro atoms. The fraction of sp³-hybridized carbons (Fsp3) is 0.300. The van der Waals surface area contributed by atoms with Crippen LogP contribution in [0.2, 0.25) is 20.1 Å². The topological polar surface area (TPSA) is 58.2 Å². The first-order valence-corrected chi connectivity index (χ1v) is 11.5. The van der Waals surface area contributed by atoms with Crippen LogP contribution in [-0.4, -0.2) is 28.9 Å². The quantitative estimate of drug-likeness (QED) is 0.346. The smallest absolute Gasteiger partial charge is 0.352 e. The van der Waals surface area contributed by atoms with Crippen LogP contribution >= 0.6 is 69.6 Å². The highest BCUT2D eigenvalue weighted by atomic mass is 35.5. The molecule has 1 aliphatic carbocycles. The van der Waals surface area contributed by atoms with Gasteiger partial charge < -0.3 is 10.6 Å². The lowest BCUT2D eigenvalue weighted by Crippen LogP contribution is -2.28. The molecule has 2 atom stereocenters. The molecule has 0 unspecified atom stereocenters. The van der Waals surface area contributed by atoms with Gasteiger partial charge in [0.15, 0.2) is 0 Å². The Hall–Kier alpha value is -1.09. The van der Waals surface area contributed by atoms with Crippen LogP contribution in [0.1, 0.15) is 28.3 Å². The number of benzene rings is 2. The predicted octanol–water partition coefficient (Wildman–Crippen LogP) is 7.51. The molecule has 1 saturated carbocycles. The third kappa shape index (κ3) is 6.32. The SMILES string of the molecule is O=C(NCCC(F)(F)F)c1cc(NC(=O)[C@@H]2[C@@H](c3cc(Cl)cc(Cl)c3)C2(Cl)Cl)c(Cl)cc1Cl. The van der Waals surface area contributed by atoms with Crippen molar-refractivity contribution in [3.05, 3.63) is 61.5 Å². The maximum atomic E-state index is 12.9. The summed E-state index contributed by atoms with van der Waals surface area (Å²) in [5, 5.41) is 5.23. The first kappa shape index (κ1) is 26.5. The van der Waals surface area contributed by atoms with Gasteiger partial charge in [-0.3, -0.25) is 9.59 Å². The van der Waals surface area contributed by atoms with E-state index in [1.807, 2.05) is 0 Å². The van der Waals surface area contributed by atoms with Crippen LogP contribution in [0.25, 0.3) is 0 Å². The molecule has 0 bridgehead atoms. The van der Waals surface area contributed by atoms with Gasteiger partial charge in [0.2, 0.25) is 5.91 Å². The molecule has 0 radical (unpaired) electrons. The normalized spacial score (nSPS) is 19.2. The maximum absolute atomic E-state index is 12.9. The second-order valence-corrected chi connectivity index (χ2v) is 10.4. The lowest BCUT2D eigenvalue weighted by Gasteiger charge is -2.12.